The first-order valence-electron chi connectivity index (χ1n) is 6.48. The Morgan fingerprint density at radius 2 is 1.74 bits per heavy atom. The molecule has 0 aliphatic heterocycles. The highest BCUT2D eigenvalue weighted by Gasteiger charge is 2.20. The molecule has 0 heterocycles. The fourth-order valence-electron chi connectivity index (χ4n) is 2.43. The summed E-state index contributed by atoms with van der Waals surface area (Å²) in [6.45, 7) is 8.79. The lowest BCUT2D eigenvalue weighted by atomic mass is 9.98. The first-order chi connectivity index (χ1) is 8.79. The highest BCUT2D eigenvalue weighted by Crippen LogP contribution is 2.29. The number of carboxylic acids is 1. The third-order valence-corrected chi connectivity index (χ3v) is 3.81. The molecule has 0 saturated heterocycles. The molecule has 1 aromatic carbocycles. The minimum Gasteiger partial charge on any atom is -0.480 e. The SMILES string of the molecule is CNC(CN(C)c1c(C)c(C)cc(C)c1C)C(=O)O. The van der Waals surface area contributed by atoms with Crippen molar-refractivity contribution in [3.8, 4) is 0 Å². The van der Waals surface area contributed by atoms with Crippen LogP contribution in [0.1, 0.15) is 22.3 Å². The van der Waals surface area contributed by atoms with Crippen molar-refractivity contribution in [2.75, 3.05) is 25.5 Å². The number of likely N-dealkylation sites (N-methyl/N-ethyl adjacent to an activating group) is 2. The summed E-state index contributed by atoms with van der Waals surface area (Å²) in [5.41, 5.74) is 6.04. The highest BCUT2D eigenvalue weighted by molar-refractivity contribution is 5.75. The number of nitrogens with zero attached hydrogens (tertiary/aromatic N) is 1. The van der Waals surface area contributed by atoms with E-state index in [9.17, 15) is 4.79 Å². The van der Waals surface area contributed by atoms with Crippen molar-refractivity contribution in [2.45, 2.75) is 33.7 Å². The molecule has 0 saturated carbocycles. The number of hydrogen-bond acceptors (Lipinski definition) is 3. The molecule has 0 radical (unpaired) electrons. The van der Waals surface area contributed by atoms with Gasteiger partial charge < -0.3 is 15.3 Å². The number of benzene rings is 1. The molecule has 0 fully saturated rings. The van der Waals surface area contributed by atoms with E-state index in [1.807, 2.05) is 11.9 Å². The maximum Gasteiger partial charge on any atom is 0.322 e. The maximum absolute atomic E-state index is 11.1. The van der Waals surface area contributed by atoms with E-state index in [1.54, 1.807) is 7.05 Å². The molecule has 1 unspecified atom stereocenters. The van der Waals surface area contributed by atoms with E-state index in [0.29, 0.717) is 6.54 Å². The van der Waals surface area contributed by atoms with Gasteiger partial charge in [0.25, 0.3) is 0 Å². The highest BCUT2D eigenvalue weighted by atomic mass is 16.4. The van der Waals surface area contributed by atoms with Gasteiger partial charge in [0, 0.05) is 19.3 Å². The van der Waals surface area contributed by atoms with Gasteiger partial charge in [-0.2, -0.15) is 0 Å². The average Bonchev–Trinajstić information content (AvgIpc) is 2.33. The molecule has 0 amide bonds. The van der Waals surface area contributed by atoms with Crippen LogP contribution in [0.25, 0.3) is 0 Å². The van der Waals surface area contributed by atoms with E-state index < -0.39 is 12.0 Å². The second-order valence-corrected chi connectivity index (χ2v) is 5.17. The Kier molecular flexibility index (Phi) is 4.95. The Bertz CT molecular complexity index is 457. The van der Waals surface area contributed by atoms with Crippen molar-refractivity contribution in [1.82, 2.24) is 5.32 Å². The second-order valence-electron chi connectivity index (χ2n) is 5.17. The van der Waals surface area contributed by atoms with Crippen molar-refractivity contribution in [2.24, 2.45) is 0 Å². The van der Waals surface area contributed by atoms with Gasteiger partial charge in [0.05, 0.1) is 0 Å². The van der Waals surface area contributed by atoms with Gasteiger partial charge in [-0.3, -0.25) is 4.79 Å². The lowest BCUT2D eigenvalue weighted by Crippen LogP contribution is -2.43. The van der Waals surface area contributed by atoms with E-state index in [2.05, 4.69) is 39.1 Å². The summed E-state index contributed by atoms with van der Waals surface area (Å²) in [4.78, 5) is 13.1. The monoisotopic (exact) mass is 264 g/mol. The van der Waals surface area contributed by atoms with E-state index >= 15 is 0 Å². The average molecular weight is 264 g/mol. The number of nitrogens with one attached hydrogen (secondary N) is 1. The van der Waals surface area contributed by atoms with Crippen molar-refractivity contribution in [3.63, 3.8) is 0 Å². The number of carboxylic acid groups (broad SMARTS) is 1. The van der Waals surface area contributed by atoms with Crippen LogP contribution in [0.3, 0.4) is 0 Å². The molecular weight excluding hydrogens is 240 g/mol. The summed E-state index contributed by atoms with van der Waals surface area (Å²) in [6.07, 6.45) is 0. The standard InChI is InChI=1S/C15H24N2O2/c1-9-7-10(2)12(4)14(11(9)3)17(6)8-13(16-5)15(18)19/h7,13,16H,8H2,1-6H3,(H,18,19). The zero-order valence-electron chi connectivity index (χ0n) is 12.7. The van der Waals surface area contributed by atoms with Crippen molar-refractivity contribution >= 4 is 11.7 Å². The van der Waals surface area contributed by atoms with Gasteiger partial charge in [-0.1, -0.05) is 6.07 Å². The Balaban J connectivity index is 3.12. The van der Waals surface area contributed by atoms with E-state index in [0.717, 1.165) is 5.69 Å². The third-order valence-electron chi connectivity index (χ3n) is 3.81. The minimum absolute atomic E-state index is 0.441. The molecule has 0 aliphatic rings. The molecule has 0 aromatic heterocycles. The van der Waals surface area contributed by atoms with Gasteiger partial charge in [-0.25, -0.2) is 0 Å². The molecule has 2 N–H and O–H groups in total. The van der Waals surface area contributed by atoms with Gasteiger partial charge in [-0.15, -0.1) is 0 Å². The number of carbonyl (C=O) groups is 1. The summed E-state index contributed by atoms with van der Waals surface area (Å²) in [7, 11) is 3.62. The lowest BCUT2D eigenvalue weighted by Gasteiger charge is -2.28. The molecule has 1 rings (SSSR count). The predicted octanol–water partition coefficient (Wildman–Crippen LogP) is 2.03. The number of rotatable bonds is 5. The fraction of sp³-hybridized carbons (Fsp3) is 0.533. The van der Waals surface area contributed by atoms with E-state index in [4.69, 9.17) is 5.11 Å². The number of aliphatic carboxylic acids is 1. The molecule has 0 aliphatic carbocycles. The zero-order chi connectivity index (χ0) is 14.7. The summed E-state index contributed by atoms with van der Waals surface area (Å²) in [6, 6.07) is 1.61. The molecule has 0 bridgehead atoms. The smallest absolute Gasteiger partial charge is 0.322 e. The van der Waals surface area contributed by atoms with Crippen LogP contribution in [0.15, 0.2) is 6.07 Å². The van der Waals surface area contributed by atoms with Crippen molar-refractivity contribution < 1.29 is 9.90 Å². The quantitative estimate of drug-likeness (QED) is 0.854. The maximum atomic E-state index is 11.1. The van der Waals surface area contributed by atoms with E-state index in [1.165, 1.54) is 22.3 Å². The zero-order valence-corrected chi connectivity index (χ0v) is 12.7. The van der Waals surface area contributed by atoms with E-state index in [-0.39, 0.29) is 0 Å². The van der Waals surface area contributed by atoms with Gasteiger partial charge >= 0.3 is 5.97 Å². The Labute approximate surface area is 115 Å². The minimum atomic E-state index is -0.825. The van der Waals surface area contributed by atoms with Gasteiger partial charge in [0.2, 0.25) is 0 Å². The predicted molar refractivity (Wildman–Crippen MR) is 79.1 cm³/mol. The molecule has 1 aromatic rings. The van der Waals surface area contributed by atoms with Gasteiger partial charge in [-0.05, 0) is 57.0 Å². The van der Waals surface area contributed by atoms with Crippen LogP contribution in [0.2, 0.25) is 0 Å². The van der Waals surface area contributed by atoms with Crippen LogP contribution in [0, 0.1) is 27.7 Å². The Morgan fingerprint density at radius 1 is 1.26 bits per heavy atom. The number of aryl methyl sites for hydroxylation is 2. The summed E-state index contributed by atoms with van der Waals surface area (Å²) in [5.74, 6) is -0.825. The molecule has 19 heavy (non-hydrogen) atoms. The first-order valence-corrected chi connectivity index (χ1v) is 6.48. The van der Waals surface area contributed by atoms with Crippen LogP contribution in [0.4, 0.5) is 5.69 Å². The Morgan fingerprint density at radius 3 is 2.11 bits per heavy atom. The molecular formula is C15H24N2O2. The second kappa shape index (κ2) is 6.06. The molecule has 4 heteroatoms. The van der Waals surface area contributed by atoms with Crippen LogP contribution in [-0.4, -0.2) is 37.8 Å². The molecule has 4 nitrogen and oxygen atoms in total. The summed E-state index contributed by atoms with van der Waals surface area (Å²) in [5, 5.41) is 12.0. The largest absolute Gasteiger partial charge is 0.480 e. The number of anilines is 1. The van der Waals surface area contributed by atoms with Crippen LogP contribution in [0.5, 0.6) is 0 Å². The van der Waals surface area contributed by atoms with Crippen LogP contribution in [-0.2, 0) is 4.79 Å². The van der Waals surface area contributed by atoms with Crippen LogP contribution < -0.4 is 10.2 Å². The van der Waals surface area contributed by atoms with Crippen molar-refractivity contribution in [3.05, 3.63) is 28.3 Å². The normalized spacial score (nSPS) is 12.3. The Hall–Kier alpha value is -1.55. The topological polar surface area (TPSA) is 52.6 Å². The summed E-state index contributed by atoms with van der Waals surface area (Å²) >= 11 is 0. The van der Waals surface area contributed by atoms with Gasteiger partial charge in [0.1, 0.15) is 6.04 Å². The third kappa shape index (κ3) is 3.26. The summed E-state index contributed by atoms with van der Waals surface area (Å²) < 4.78 is 0. The first kappa shape index (κ1) is 15.5. The molecule has 1 atom stereocenters. The van der Waals surface area contributed by atoms with Crippen molar-refractivity contribution in [1.29, 1.82) is 0 Å². The van der Waals surface area contributed by atoms with Crippen LogP contribution >= 0.6 is 0 Å². The fourth-order valence-corrected chi connectivity index (χ4v) is 2.43. The molecule has 0 spiro atoms. The van der Waals surface area contributed by atoms with Gasteiger partial charge in [0.15, 0.2) is 0 Å². The lowest BCUT2D eigenvalue weighted by molar-refractivity contribution is -0.139. The molecule has 106 valence electrons. The number of hydrogen-bond donors (Lipinski definition) is 2.